The van der Waals surface area contributed by atoms with E-state index in [1.807, 2.05) is 12.1 Å². The normalized spacial score (nSPS) is 15.3. The van der Waals surface area contributed by atoms with Gasteiger partial charge in [-0.05, 0) is 36.4 Å². The molecule has 1 unspecified atom stereocenters. The second kappa shape index (κ2) is 9.36. The van der Waals surface area contributed by atoms with Crippen molar-refractivity contribution in [3.05, 3.63) is 64.4 Å². The summed E-state index contributed by atoms with van der Waals surface area (Å²) in [6.07, 6.45) is 2.01. The minimum Gasteiger partial charge on any atom is -0.486 e. The number of carbonyl (C=O) groups is 2. The topological polar surface area (TPSA) is 73.9 Å². The third kappa shape index (κ3) is 5.56. The summed E-state index contributed by atoms with van der Waals surface area (Å²) in [6.45, 7) is 0.0656. The molecule has 28 heavy (non-hydrogen) atoms. The Labute approximate surface area is 169 Å². The van der Waals surface area contributed by atoms with Crippen LogP contribution in [0.15, 0.2) is 53.0 Å². The van der Waals surface area contributed by atoms with Crippen LogP contribution >= 0.6 is 15.9 Å². The minimum atomic E-state index is -0.749. The van der Waals surface area contributed by atoms with Crippen LogP contribution in [-0.2, 0) is 14.3 Å². The Morgan fingerprint density at radius 1 is 1.25 bits per heavy atom. The molecule has 1 aliphatic rings. The first-order valence-corrected chi connectivity index (χ1v) is 9.25. The number of ether oxygens (including phenoxy) is 3. The molecule has 1 amide bonds. The third-order valence-corrected chi connectivity index (χ3v) is 4.29. The van der Waals surface area contributed by atoms with Crippen LogP contribution in [0.2, 0.25) is 0 Å². The molecule has 6 nitrogen and oxygen atoms in total. The lowest BCUT2D eigenvalue weighted by Gasteiger charge is -2.26. The summed E-state index contributed by atoms with van der Waals surface area (Å²) in [5.74, 6) is -0.420. The smallest absolute Gasteiger partial charge is 0.331 e. The Balaban J connectivity index is 1.40. The highest BCUT2D eigenvalue weighted by molar-refractivity contribution is 9.10. The summed E-state index contributed by atoms with van der Waals surface area (Å²) in [4.78, 5) is 23.5. The van der Waals surface area contributed by atoms with Crippen LogP contribution in [0, 0.1) is 5.82 Å². The van der Waals surface area contributed by atoms with Gasteiger partial charge in [0.05, 0.1) is 6.54 Å². The van der Waals surface area contributed by atoms with Crippen molar-refractivity contribution in [1.82, 2.24) is 5.32 Å². The summed E-state index contributed by atoms with van der Waals surface area (Å²) >= 11 is 3.22. The molecule has 2 aromatic rings. The van der Waals surface area contributed by atoms with Crippen LogP contribution < -0.4 is 14.8 Å². The molecule has 1 heterocycles. The summed E-state index contributed by atoms with van der Waals surface area (Å²) in [5, 5.41) is 2.62. The van der Waals surface area contributed by atoms with Crippen molar-refractivity contribution in [2.75, 3.05) is 19.8 Å². The number of amides is 1. The van der Waals surface area contributed by atoms with Gasteiger partial charge in [0.1, 0.15) is 18.5 Å². The number of halogens is 2. The highest BCUT2D eigenvalue weighted by Crippen LogP contribution is 2.30. The molecule has 0 saturated heterocycles. The molecule has 0 aliphatic carbocycles. The number of benzene rings is 2. The number of hydrogen-bond donors (Lipinski definition) is 1. The molecule has 3 rings (SSSR count). The molecule has 0 fully saturated rings. The molecule has 0 aromatic heterocycles. The van der Waals surface area contributed by atoms with Gasteiger partial charge in [-0.1, -0.05) is 28.1 Å². The Morgan fingerprint density at radius 2 is 2.04 bits per heavy atom. The summed E-state index contributed by atoms with van der Waals surface area (Å²) in [5.41, 5.74) is 0.227. The van der Waals surface area contributed by atoms with Crippen LogP contribution in [-0.4, -0.2) is 37.7 Å². The first kappa shape index (κ1) is 19.9. The molecule has 0 radical (unpaired) electrons. The minimum absolute atomic E-state index is 0.212. The van der Waals surface area contributed by atoms with Gasteiger partial charge in [0, 0.05) is 16.1 Å². The van der Waals surface area contributed by atoms with Crippen molar-refractivity contribution in [2.24, 2.45) is 0 Å². The van der Waals surface area contributed by atoms with Gasteiger partial charge in [-0.15, -0.1) is 0 Å². The Bertz CT molecular complexity index is 902. The predicted molar refractivity (Wildman–Crippen MR) is 103 cm³/mol. The van der Waals surface area contributed by atoms with Gasteiger partial charge < -0.3 is 19.5 Å². The van der Waals surface area contributed by atoms with E-state index in [0.717, 1.165) is 6.08 Å². The SMILES string of the molecule is O=C(COC(=O)/C=C/c1cc(Br)ccc1F)NCC1COc2ccccc2O1. The molecular formula is C20H17BrFNO5. The zero-order valence-corrected chi connectivity index (χ0v) is 16.3. The Hall–Kier alpha value is -2.87. The number of nitrogens with one attached hydrogen (secondary N) is 1. The van der Waals surface area contributed by atoms with Crippen molar-refractivity contribution in [3.63, 3.8) is 0 Å². The van der Waals surface area contributed by atoms with E-state index in [2.05, 4.69) is 21.2 Å². The number of carbonyl (C=O) groups excluding carboxylic acids is 2. The van der Waals surface area contributed by atoms with Crippen molar-refractivity contribution in [1.29, 1.82) is 0 Å². The second-order valence-electron chi connectivity index (χ2n) is 5.91. The van der Waals surface area contributed by atoms with Crippen molar-refractivity contribution >= 4 is 33.9 Å². The zero-order chi connectivity index (χ0) is 19.9. The van der Waals surface area contributed by atoms with E-state index < -0.39 is 24.3 Å². The average molecular weight is 450 g/mol. The molecule has 1 atom stereocenters. The molecule has 1 aliphatic heterocycles. The van der Waals surface area contributed by atoms with Gasteiger partial charge >= 0.3 is 5.97 Å². The quantitative estimate of drug-likeness (QED) is 0.541. The fraction of sp³-hybridized carbons (Fsp3) is 0.200. The highest BCUT2D eigenvalue weighted by Gasteiger charge is 2.21. The fourth-order valence-electron chi connectivity index (χ4n) is 2.43. The van der Waals surface area contributed by atoms with Gasteiger partial charge in [0.25, 0.3) is 5.91 Å². The summed E-state index contributed by atoms with van der Waals surface area (Å²) in [6, 6.07) is 11.6. The van der Waals surface area contributed by atoms with E-state index in [1.165, 1.54) is 18.2 Å². The molecule has 0 bridgehead atoms. The lowest BCUT2D eigenvalue weighted by Crippen LogP contribution is -2.42. The average Bonchev–Trinajstić information content (AvgIpc) is 2.71. The van der Waals surface area contributed by atoms with Crippen LogP contribution in [0.3, 0.4) is 0 Å². The van der Waals surface area contributed by atoms with Crippen LogP contribution in [0.1, 0.15) is 5.56 Å². The van der Waals surface area contributed by atoms with Gasteiger partial charge in [0.15, 0.2) is 18.1 Å². The van der Waals surface area contributed by atoms with Crippen LogP contribution in [0.5, 0.6) is 11.5 Å². The molecule has 2 aromatic carbocycles. The highest BCUT2D eigenvalue weighted by atomic mass is 79.9. The maximum absolute atomic E-state index is 13.6. The molecule has 0 saturated carbocycles. The van der Waals surface area contributed by atoms with Gasteiger partial charge in [-0.3, -0.25) is 4.79 Å². The number of hydrogen-bond acceptors (Lipinski definition) is 5. The van der Waals surface area contributed by atoms with Gasteiger partial charge in [-0.25, -0.2) is 9.18 Å². The lowest BCUT2D eigenvalue weighted by molar-refractivity contribution is -0.143. The van der Waals surface area contributed by atoms with E-state index in [1.54, 1.807) is 18.2 Å². The number of rotatable bonds is 6. The Morgan fingerprint density at radius 3 is 2.86 bits per heavy atom. The first-order valence-electron chi connectivity index (χ1n) is 8.46. The monoisotopic (exact) mass is 449 g/mol. The second-order valence-corrected chi connectivity index (χ2v) is 6.82. The molecular weight excluding hydrogens is 433 g/mol. The lowest BCUT2D eigenvalue weighted by atomic mass is 10.2. The molecule has 8 heteroatoms. The van der Waals surface area contributed by atoms with E-state index in [0.29, 0.717) is 22.6 Å². The van der Waals surface area contributed by atoms with Crippen LogP contribution in [0.4, 0.5) is 4.39 Å². The fourth-order valence-corrected chi connectivity index (χ4v) is 2.81. The maximum atomic E-state index is 13.6. The summed E-state index contributed by atoms with van der Waals surface area (Å²) < 4.78 is 30.4. The third-order valence-electron chi connectivity index (χ3n) is 3.80. The largest absolute Gasteiger partial charge is 0.486 e. The summed E-state index contributed by atoms with van der Waals surface area (Å²) in [7, 11) is 0. The zero-order valence-electron chi connectivity index (χ0n) is 14.7. The van der Waals surface area contributed by atoms with E-state index in [9.17, 15) is 14.0 Å². The number of fused-ring (bicyclic) bond motifs is 1. The Kier molecular flexibility index (Phi) is 6.65. The number of para-hydroxylation sites is 2. The van der Waals surface area contributed by atoms with E-state index in [4.69, 9.17) is 14.2 Å². The van der Waals surface area contributed by atoms with Crippen molar-refractivity contribution in [2.45, 2.75) is 6.10 Å². The molecule has 146 valence electrons. The van der Waals surface area contributed by atoms with Gasteiger partial charge in [0.2, 0.25) is 0 Å². The van der Waals surface area contributed by atoms with Crippen LogP contribution in [0.25, 0.3) is 6.08 Å². The maximum Gasteiger partial charge on any atom is 0.331 e. The van der Waals surface area contributed by atoms with Crippen molar-refractivity contribution < 1.29 is 28.2 Å². The van der Waals surface area contributed by atoms with Crippen molar-refractivity contribution in [3.8, 4) is 11.5 Å². The van der Waals surface area contributed by atoms with E-state index >= 15 is 0 Å². The predicted octanol–water partition coefficient (Wildman–Crippen LogP) is 3.10. The number of esters is 1. The standard InChI is InChI=1S/C20H17BrFNO5/c21-14-6-7-16(22)13(9-14)5-8-20(25)27-12-19(24)23-10-15-11-26-17-3-1-2-4-18(17)28-15/h1-9,15H,10-12H2,(H,23,24)/b8-5+. The van der Waals surface area contributed by atoms with Gasteiger partial charge in [-0.2, -0.15) is 0 Å². The molecule has 1 N–H and O–H groups in total. The first-order chi connectivity index (χ1) is 13.5. The molecule has 0 spiro atoms. The van der Waals surface area contributed by atoms with E-state index in [-0.39, 0.29) is 18.2 Å².